The number of hydrogen-bond donors (Lipinski definition) is 1. The normalized spacial score (nSPS) is 12.6. The standard InChI is InChI=1S/C21H23Cl2NO4S/c1-3-5-9-28-18-14(22)10-12(11-15(18)23)19(25)24-20-17(21(26)27-4-2)13-7-6-8-16(13)29-20/h10-11H,3-9H2,1-2H3,(H,24,25). The molecule has 2 aromatic rings. The molecule has 0 saturated carbocycles. The molecule has 0 unspecified atom stereocenters. The first kappa shape index (κ1) is 21.9. The highest BCUT2D eigenvalue weighted by molar-refractivity contribution is 7.17. The van der Waals surface area contributed by atoms with Crippen LogP contribution in [0.2, 0.25) is 10.0 Å². The molecule has 1 amide bonds. The van der Waals surface area contributed by atoms with Crippen molar-refractivity contribution in [3.05, 3.63) is 43.7 Å². The van der Waals surface area contributed by atoms with Crippen molar-refractivity contribution in [3.8, 4) is 5.75 Å². The molecule has 1 aromatic heterocycles. The molecule has 156 valence electrons. The Balaban J connectivity index is 1.83. The Hall–Kier alpha value is -1.76. The maximum absolute atomic E-state index is 12.8. The van der Waals surface area contributed by atoms with Gasteiger partial charge < -0.3 is 14.8 Å². The summed E-state index contributed by atoms with van der Waals surface area (Å²) in [4.78, 5) is 26.4. The van der Waals surface area contributed by atoms with Gasteiger partial charge in [-0.1, -0.05) is 36.5 Å². The fraction of sp³-hybridized carbons (Fsp3) is 0.429. The van der Waals surface area contributed by atoms with Gasteiger partial charge in [0.25, 0.3) is 5.91 Å². The summed E-state index contributed by atoms with van der Waals surface area (Å²) in [5.74, 6) is -0.419. The molecule has 1 N–H and O–H groups in total. The Labute approximate surface area is 184 Å². The molecular formula is C21H23Cl2NO4S. The van der Waals surface area contributed by atoms with Crippen LogP contribution in [0, 0.1) is 0 Å². The first-order chi connectivity index (χ1) is 14.0. The number of carbonyl (C=O) groups is 2. The van der Waals surface area contributed by atoms with Gasteiger partial charge in [-0.2, -0.15) is 0 Å². The monoisotopic (exact) mass is 455 g/mol. The van der Waals surface area contributed by atoms with Crippen molar-refractivity contribution in [1.29, 1.82) is 0 Å². The zero-order chi connectivity index (χ0) is 21.0. The van der Waals surface area contributed by atoms with Crippen LogP contribution in [0.1, 0.15) is 64.3 Å². The fourth-order valence-electron chi connectivity index (χ4n) is 3.23. The lowest BCUT2D eigenvalue weighted by molar-refractivity contribution is 0.0527. The number of anilines is 1. The smallest absolute Gasteiger partial charge is 0.341 e. The van der Waals surface area contributed by atoms with Crippen LogP contribution in [0.5, 0.6) is 5.75 Å². The molecule has 0 spiro atoms. The molecule has 0 radical (unpaired) electrons. The second-order valence-electron chi connectivity index (χ2n) is 6.71. The topological polar surface area (TPSA) is 64.6 Å². The first-order valence-corrected chi connectivity index (χ1v) is 11.3. The average molecular weight is 456 g/mol. The van der Waals surface area contributed by atoms with Crippen LogP contribution < -0.4 is 10.1 Å². The van der Waals surface area contributed by atoms with Gasteiger partial charge in [0, 0.05) is 10.4 Å². The van der Waals surface area contributed by atoms with Crippen LogP contribution >= 0.6 is 34.5 Å². The third-order valence-corrected chi connectivity index (χ3v) is 6.40. The number of nitrogens with one attached hydrogen (secondary N) is 1. The highest BCUT2D eigenvalue weighted by Crippen LogP contribution is 2.40. The number of thiophene rings is 1. The minimum absolute atomic E-state index is 0.276. The molecule has 8 heteroatoms. The predicted octanol–water partition coefficient (Wildman–Crippen LogP) is 6.15. The molecule has 1 aliphatic rings. The van der Waals surface area contributed by atoms with E-state index < -0.39 is 5.97 Å². The SMILES string of the molecule is CCCCOc1c(Cl)cc(C(=O)Nc2sc3c(c2C(=O)OCC)CCC3)cc1Cl. The summed E-state index contributed by atoms with van der Waals surface area (Å²) < 4.78 is 10.8. The lowest BCUT2D eigenvalue weighted by atomic mass is 10.1. The van der Waals surface area contributed by atoms with E-state index >= 15 is 0 Å². The number of amides is 1. The van der Waals surface area contributed by atoms with Crippen LogP contribution in [-0.4, -0.2) is 25.1 Å². The zero-order valence-electron chi connectivity index (χ0n) is 16.4. The maximum atomic E-state index is 12.8. The highest BCUT2D eigenvalue weighted by Gasteiger charge is 2.28. The Bertz CT molecular complexity index is 903. The lowest BCUT2D eigenvalue weighted by Crippen LogP contribution is -2.15. The third-order valence-electron chi connectivity index (χ3n) is 4.63. The van der Waals surface area contributed by atoms with Crippen LogP contribution in [0.3, 0.4) is 0 Å². The summed E-state index contributed by atoms with van der Waals surface area (Å²) in [6, 6.07) is 3.05. The summed E-state index contributed by atoms with van der Waals surface area (Å²) in [6.45, 7) is 4.61. The Morgan fingerprint density at radius 3 is 2.55 bits per heavy atom. The number of carbonyl (C=O) groups excluding carboxylic acids is 2. The molecule has 1 heterocycles. The van der Waals surface area contributed by atoms with Gasteiger partial charge >= 0.3 is 5.97 Å². The molecule has 0 bridgehead atoms. The van der Waals surface area contributed by atoms with Crippen LogP contribution in [-0.2, 0) is 17.6 Å². The number of halogens is 2. The van der Waals surface area contributed by atoms with E-state index in [1.54, 1.807) is 6.92 Å². The van der Waals surface area contributed by atoms with E-state index in [1.165, 1.54) is 23.5 Å². The number of rotatable bonds is 8. The molecule has 3 rings (SSSR count). The van der Waals surface area contributed by atoms with Gasteiger partial charge in [-0.15, -0.1) is 11.3 Å². The molecule has 1 aromatic carbocycles. The second-order valence-corrected chi connectivity index (χ2v) is 8.63. The van der Waals surface area contributed by atoms with Gasteiger partial charge in [0.05, 0.1) is 28.8 Å². The molecule has 1 aliphatic carbocycles. The van der Waals surface area contributed by atoms with E-state index in [1.807, 2.05) is 0 Å². The predicted molar refractivity (Wildman–Crippen MR) is 117 cm³/mol. The zero-order valence-corrected chi connectivity index (χ0v) is 18.7. The number of ether oxygens (including phenoxy) is 2. The van der Waals surface area contributed by atoms with Gasteiger partial charge in [0.15, 0.2) is 5.75 Å². The van der Waals surface area contributed by atoms with Crippen molar-refractivity contribution in [2.24, 2.45) is 0 Å². The summed E-state index contributed by atoms with van der Waals surface area (Å²) in [5, 5.41) is 3.90. The minimum Gasteiger partial charge on any atom is -0.490 e. The van der Waals surface area contributed by atoms with E-state index in [-0.39, 0.29) is 22.6 Å². The van der Waals surface area contributed by atoms with Crippen LogP contribution in [0.25, 0.3) is 0 Å². The number of unbranched alkanes of at least 4 members (excludes halogenated alkanes) is 1. The van der Waals surface area contributed by atoms with E-state index in [4.69, 9.17) is 32.7 Å². The molecule has 0 aliphatic heterocycles. The van der Waals surface area contributed by atoms with Crippen molar-refractivity contribution in [3.63, 3.8) is 0 Å². The third kappa shape index (κ3) is 4.87. The van der Waals surface area contributed by atoms with E-state index in [0.717, 1.165) is 42.5 Å². The molecule has 5 nitrogen and oxygen atoms in total. The van der Waals surface area contributed by atoms with Crippen molar-refractivity contribution >= 4 is 51.4 Å². The van der Waals surface area contributed by atoms with E-state index in [2.05, 4.69) is 12.2 Å². The summed E-state index contributed by atoms with van der Waals surface area (Å²) in [6.07, 6.45) is 4.60. The Morgan fingerprint density at radius 1 is 1.17 bits per heavy atom. The lowest BCUT2D eigenvalue weighted by Gasteiger charge is -2.12. The van der Waals surface area contributed by atoms with Gasteiger partial charge in [0.1, 0.15) is 5.00 Å². The van der Waals surface area contributed by atoms with E-state index in [9.17, 15) is 9.59 Å². The summed E-state index contributed by atoms with van der Waals surface area (Å²) >= 11 is 14.0. The van der Waals surface area contributed by atoms with Gasteiger partial charge in [-0.3, -0.25) is 4.79 Å². The quantitative estimate of drug-likeness (QED) is 0.382. The molecule has 0 atom stereocenters. The van der Waals surface area contributed by atoms with Crippen molar-refractivity contribution in [2.75, 3.05) is 18.5 Å². The van der Waals surface area contributed by atoms with Gasteiger partial charge in [-0.05, 0) is 50.3 Å². The van der Waals surface area contributed by atoms with Crippen LogP contribution in [0.4, 0.5) is 5.00 Å². The Morgan fingerprint density at radius 2 is 1.90 bits per heavy atom. The number of benzene rings is 1. The summed E-state index contributed by atoms with van der Waals surface area (Å²) in [5.41, 5.74) is 1.75. The Kier molecular flexibility index (Phi) is 7.44. The number of hydrogen-bond acceptors (Lipinski definition) is 5. The largest absolute Gasteiger partial charge is 0.490 e. The average Bonchev–Trinajstić information content (AvgIpc) is 3.24. The van der Waals surface area contributed by atoms with E-state index in [0.29, 0.717) is 28.5 Å². The fourth-order valence-corrected chi connectivity index (χ4v) is 5.10. The van der Waals surface area contributed by atoms with Gasteiger partial charge in [0.2, 0.25) is 0 Å². The molecular weight excluding hydrogens is 433 g/mol. The molecule has 29 heavy (non-hydrogen) atoms. The second kappa shape index (κ2) is 9.83. The molecule has 0 fully saturated rings. The number of fused-ring (bicyclic) bond motifs is 1. The van der Waals surface area contributed by atoms with Crippen LogP contribution in [0.15, 0.2) is 12.1 Å². The molecule has 0 saturated heterocycles. The maximum Gasteiger partial charge on any atom is 0.341 e. The minimum atomic E-state index is -0.405. The number of aryl methyl sites for hydroxylation is 1. The highest BCUT2D eigenvalue weighted by atomic mass is 35.5. The van der Waals surface area contributed by atoms with Crippen molar-refractivity contribution < 1.29 is 19.1 Å². The van der Waals surface area contributed by atoms with Crippen molar-refractivity contribution in [1.82, 2.24) is 0 Å². The first-order valence-electron chi connectivity index (χ1n) is 9.71. The van der Waals surface area contributed by atoms with Crippen molar-refractivity contribution in [2.45, 2.75) is 46.0 Å². The van der Waals surface area contributed by atoms with Gasteiger partial charge in [-0.25, -0.2) is 4.79 Å². The summed E-state index contributed by atoms with van der Waals surface area (Å²) in [7, 11) is 0. The number of esters is 1.